The molecule has 4 rings (SSSR count). The van der Waals surface area contributed by atoms with Gasteiger partial charge in [0, 0.05) is 28.6 Å². The van der Waals surface area contributed by atoms with E-state index in [2.05, 4.69) is 25.2 Å². The van der Waals surface area contributed by atoms with Crippen LogP contribution in [0.25, 0.3) is 11.1 Å². The van der Waals surface area contributed by atoms with Crippen molar-refractivity contribution in [3.8, 4) is 22.6 Å². The molecule has 2 aliphatic rings. The van der Waals surface area contributed by atoms with Crippen LogP contribution in [0.15, 0.2) is 24.3 Å². The Balaban J connectivity index is 1.85. The van der Waals surface area contributed by atoms with Crippen LogP contribution in [0.5, 0.6) is 11.5 Å². The molecule has 2 aliphatic heterocycles. The summed E-state index contributed by atoms with van der Waals surface area (Å²) in [7, 11) is 0. The summed E-state index contributed by atoms with van der Waals surface area (Å²) in [6.07, 6.45) is 3.19. The van der Waals surface area contributed by atoms with Crippen LogP contribution in [0.4, 0.5) is 0 Å². The highest BCUT2D eigenvalue weighted by atomic mass is 35.5. The molecule has 0 aliphatic carbocycles. The number of hydrogen-bond donors (Lipinski definition) is 1. The van der Waals surface area contributed by atoms with E-state index in [4.69, 9.17) is 44.3 Å². The number of rotatable bonds is 5. The van der Waals surface area contributed by atoms with Crippen molar-refractivity contribution < 1.29 is 9.47 Å². The topological polar surface area (TPSA) is 30.5 Å². The molecule has 0 aromatic heterocycles. The number of halogens is 3. The molecule has 28 heavy (non-hydrogen) atoms. The summed E-state index contributed by atoms with van der Waals surface area (Å²) in [5.74, 6) is 1.95. The lowest BCUT2D eigenvalue weighted by molar-refractivity contribution is 0.151. The number of benzene rings is 2. The van der Waals surface area contributed by atoms with Gasteiger partial charge in [-0.1, -0.05) is 48.7 Å². The lowest BCUT2D eigenvalue weighted by Gasteiger charge is -2.24. The molecule has 150 valence electrons. The van der Waals surface area contributed by atoms with Crippen LogP contribution >= 0.6 is 34.8 Å². The second-order valence-electron chi connectivity index (χ2n) is 7.45. The van der Waals surface area contributed by atoms with Gasteiger partial charge in [-0.15, -0.1) is 0 Å². The zero-order valence-corrected chi connectivity index (χ0v) is 18.3. The molecule has 2 atom stereocenters. The minimum Gasteiger partial charge on any atom is -0.487 e. The van der Waals surface area contributed by atoms with E-state index in [1.165, 1.54) is 0 Å². The number of fused-ring (bicyclic) bond motifs is 3. The van der Waals surface area contributed by atoms with E-state index in [9.17, 15) is 0 Å². The van der Waals surface area contributed by atoms with E-state index in [0.29, 0.717) is 21.0 Å². The fourth-order valence-corrected chi connectivity index (χ4v) is 5.18. The van der Waals surface area contributed by atoms with Crippen LogP contribution in [0.3, 0.4) is 0 Å². The van der Waals surface area contributed by atoms with Crippen LogP contribution in [-0.4, -0.2) is 25.3 Å². The van der Waals surface area contributed by atoms with Gasteiger partial charge in [0.2, 0.25) is 0 Å². The summed E-state index contributed by atoms with van der Waals surface area (Å²) >= 11 is 19.1. The highest BCUT2D eigenvalue weighted by Gasteiger charge is 2.39. The maximum atomic E-state index is 6.52. The molecular weight excluding hydrogens is 417 g/mol. The summed E-state index contributed by atoms with van der Waals surface area (Å²) in [6, 6.07) is 7.59. The van der Waals surface area contributed by atoms with E-state index in [-0.39, 0.29) is 12.2 Å². The molecule has 1 fully saturated rings. The minimum absolute atomic E-state index is 0.139. The molecule has 0 bridgehead atoms. The van der Waals surface area contributed by atoms with Gasteiger partial charge in [0.25, 0.3) is 0 Å². The van der Waals surface area contributed by atoms with Crippen molar-refractivity contribution in [1.29, 1.82) is 0 Å². The third kappa shape index (κ3) is 3.70. The molecular formula is C22H24Cl3NO2. The maximum Gasteiger partial charge on any atom is 0.165 e. The van der Waals surface area contributed by atoms with E-state index >= 15 is 0 Å². The second-order valence-corrected chi connectivity index (χ2v) is 8.70. The molecule has 6 heteroatoms. The van der Waals surface area contributed by atoms with Crippen LogP contribution in [0, 0.1) is 0 Å². The van der Waals surface area contributed by atoms with Gasteiger partial charge in [0.1, 0.15) is 6.10 Å². The number of hydrogen-bond acceptors (Lipinski definition) is 3. The van der Waals surface area contributed by atoms with Crippen LogP contribution in [0.1, 0.15) is 44.6 Å². The summed E-state index contributed by atoms with van der Waals surface area (Å²) in [5.41, 5.74) is 2.87. The Morgan fingerprint density at radius 2 is 1.82 bits per heavy atom. The van der Waals surface area contributed by atoms with Gasteiger partial charge in [-0.2, -0.15) is 0 Å². The van der Waals surface area contributed by atoms with Gasteiger partial charge in [-0.3, -0.25) is 0 Å². The highest BCUT2D eigenvalue weighted by Crippen LogP contribution is 2.50. The molecule has 2 aromatic rings. The Morgan fingerprint density at radius 1 is 1.11 bits per heavy atom. The molecule has 2 heterocycles. The number of ether oxygens (including phenoxy) is 2. The first kappa shape index (κ1) is 20.2. The predicted octanol–water partition coefficient (Wildman–Crippen LogP) is 6.72. The Labute approximate surface area is 181 Å². The van der Waals surface area contributed by atoms with Gasteiger partial charge >= 0.3 is 0 Å². The highest BCUT2D eigenvalue weighted by molar-refractivity contribution is 6.41. The Morgan fingerprint density at radius 3 is 2.50 bits per heavy atom. The largest absolute Gasteiger partial charge is 0.487 e. The van der Waals surface area contributed by atoms with Crippen LogP contribution < -0.4 is 14.8 Å². The zero-order chi connectivity index (χ0) is 19.8. The molecule has 2 aromatic carbocycles. The average Bonchev–Trinajstić information content (AvgIpc) is 3.04. The Hall–Kier alpha value is -1.13. The molecule has 0 spiro atoms. The van der Waals surface area contributed by atoms with Gasteiger partial charge in [0.05, 0.1) is 16.1 Å². The van der Waals surface area contributed by atoms with Crippen molar-refractivity contribution in [1.82, 2.24) is 5.32 Å². The van der Waals surface area contributed by atoms with E-state index in [1.54, 1.807) is 12.1 Å². The lowest BCUT2D eigenvalue weighted by Crippen LogP contribution is -2.37. The fraction of sp³-hybridized carbons (Fsp3) is 0.455. The molecule has 1 saturated heterocycles. The normalized spacial score (nSPS) is 20.6. The van der Waals surface area contributed by atoms with Crippen LogP contribution in [0.2, 0.25) is 15.1 Å². The first-order valence-electron chi connectivity index (χ1n) is 9.88. The van der Waals surface area contributed by atoms with Crippen molar-refractivity contribution in [3.63, 3.8) is 0 Å². The van der Waals surface area contributed by atoms with Crippen molar-refractivity contribution in [2.75, 3.05) is 13.1 Å². The van der Waals surface area contributed by atoms with Crippen molar-refractivity contribution in [2.45, 2.75) is 51.2 Å². The average molecular weight is 441 g/mol. The zero-order valence-electron chi connectivity index (χ0n) is 16.0. The van der Waals surface area contributed by atoms with E-state index in [0.717, 1.165) is 60.5 Å². The summed E-state index contributed by atoms with van der Waals surface area (Å²) in [6.45, 7) is 6.14. The summed E-state index contributed by atoms with van der Waals surface area (Å²) in [4.78, 5) is 0. The molecule has 2 unspecified atom stereocenters. The molecule has 0 radical (unpaired) electrons. The predicted molar refractivity (Wildman–Crippen MR) is 117 cm³/mol. The van der Waals surface area contributed by atoms with Crippen molar-refractivity contribution in [3.05, 3.63) is 44.9 Å². The quantitative estimate of drug-likeness (QED) is 0.560. The van der Waals surface area contributed by atoms with Gasteiger partial charge in [0.15, 0.2) is 11.5 Å². The van der Waals surface area contributed by atoms with Crippen molar-refractivity contribution in [2.24, 2.45) is 0 Å². The van der Waals surface area contributed by atoms with Crippen LogP contribution in [-0.2, 0) is 0 Å². The number of piperidine rings is 1. The molecule has 0 saturated carbocycles. The molecule has 1 N–H and O–H groups in total. The van der Waals surface area contributed by atoms with Gasteiger partial charge in [-0.25, -0.2) is 0 Å². The standard InChI is InChI=1S/C22H24Cl3NO2/c1-3-14(4-2)27-20-8-12(21-17(24)9-13(23)10-18(21)25)7-15-16-11-26-6-5-19(16)28-22(15)20/h7-10,14,16,19,26H,3-6,11H2,1-2H3. The molecule has 3 nitrogen and oxygen atoms in total. The van der Waals surface area contributed by atoms with Gasteiger partial charge in [-0.05, 0) is 55.6 Å². The number of nitrogens with one attached hydrogen (secondary N) is 1. The third-order valence-electron chi connectivity index (χ3n) is 5.67. The Bertz CT molecular complexity index is 859. The van der Waals surface area contributed by atoms with E-state index < -0.39 is 0 Å². The summed E-state index contributed by atoms with van der Waals surface area (Å²) in [5, 5.41) is 5.06. The SMILES string of the molecule is CCC(CC)Oc1cc(-c2c(Cl)cc(Cl)cc2Cl)cc2c1OC1CCNCC21. The first-order chi connectivity index (χ1) is 13.5. The first-order valence-corrected chi connectivity index (χ1v) is 11.0. The minimum atomic E-state index is 0.139. The molecule has 0 amide bonds. The van der Waals surface area contributed by atoms with Crippen molar-refractivity contribution >= 4 is 34.8 Å². The van der Waals surface area contributed by atoms with E-state index in [1.807, 2.05) is 6.07 Å². The fourth-order valence-electron chi connectivity index (χ4n) is 4.15. The monoisotopic (exact) mass is 439 g/mol. The Kier molecular flexibility index (Phi) is 5.98. The lowest BCUT2D eigenvalue weighted by atomic mass is 9.89. The summed E-state index contributed by atoms with van der Waals surface area (Å²) < 4.78 is 12.7. The second kappa shape index (κ2) is 8.31. The van der Waals surface area contributed by atoms with Gasteiger partial charge < -0.3 is 14.8 Å². The third-order valence-corrected chi connectivity index (χ3v) is 6.49. The maximum absolute atomic E-state index is 6.52. The smallest absolute Gasteiger partial charge is 0.165 e.